The van der Waals surface area contributed by atoms with Crippen molar-refractivity contribution < 1.29 is 9.18 Å². The predicted octanol–water partition coefficient (Wildman–Crippen LogP) is 1.57. The van der Waals surface area contributed by atoms with Crippen molar-refractivity contribution in [3.8, 4) is 0 Å². The lowest BCUT2D eigenvalue weighted by Crippen LogP contribution is -2.45. The maximum Gasteiger partial charge on any atom is 0.251 e. The maximum atomic E-state index is 13.4. The zero-order valence-electron chi connectivity index (χ0n) is 13.0. The predicted molar refractivity (Wildman–Crippen MR) is 82.8 cm³/mol. The summed E-state index contributed by atoms with van der Waals surface area (Å²) < 4.78 is 13.4. The summed E-state index contributed by atoms with van der Waals surface area (Å²) in [5, 5.41) is 5.69. The number of aliphatic imine (C=N–C) groups is 1. The van der Waals surface area contributed by atoms with Crippen LogP contribution in [0.3, 0.4) is 0 Å². The molecule has 0 saturated heterocycles. The SMILES string of the molecule is Cc1ccc(C(=O)NCCN=C(N)NC(C)(C)C)cc1F. The van der Waals surface area contributed by atoms with Crippen LogP contribution in [0.2, 0.25) is 0 Å². The Morgan fingerprint density at radius 1 is 1.38 bits per heavy atom. The molecular weight excluding hydrogens is 271 g/mol. The van der Waals surface area contributed by atoms with Gasteiger partial charge in [-0.05, 0) is 45.4 Å². The summed E-state index contributed by atoms with van der Waals surface area (Å²) in [5.74, 6) is -0.385. The fraction of sp³-hybridized carbons (Fsp3) is 0.467. The molecule has 0 radical (unpaired) electrons. The second-order valence-corrected chi connectivity index (χ2v) is 5.86. The van der Waals surface area contributed by atoms with Crippen molar-refractivity contribution in [1.82, 2.24) is 10.6 Å². The molecule has 0 aliphatic heterocycles. The topological polar surface area (TPSA) is 79.5 Å². The van der Waals surface area contributed by atoms with Gasteiger partial charge in [0.25, 0.3) is 5.91 Å². The third-order valence-electron chi connectivity index (χ3n) is 2.62. The molecule has 0 atom stereocenters. The lowest BCUT2D eigenvalue weighted by Gasteiger charge is -2.20. The van der Waals surface area contributed by atoms with Crippen LogP contribution >= 0.6 is 0 Å². The standard InChI is InChI=1S/C15H23FN4O/c1-10-5-6-11(9-12(10)16)13(21)18-7-8-19-14(17)20-15(2,3)4/h5-6,9H,7-8H2,1-4H3,(H,18,21)(H3,17,19,20). The van der Waals surface area contributed by atoms with Gasteiger partial charge in [-0.3, -0.25) is 9.79 Å². The largest absolute Gasteiger partial charge is 0.370 e. The van der Waals surface area contributed by atoms with Crippen molar-refractivity contribution in [2.24, 2.45) is 10.7 Å². The minimum atomic E-state index is -0.390. The van der Waals surface area contributed by atoms with Gasteiger partial charge in [0.1, 0.15) is 5.82 Å². The Labute approximate surface area is 124 Å². The molecule has 6 heteroatoms. The van der Waals surface area contributed by atoms with E-state index in [9.17, 15) is 9.18 Å². The van der Waals surface area contributed by atoms with Crippen molar-refractivity contribution in [3.05, 3.63) is 35.1 Å². The second-order valence-electron chi connectivity index (χ2n) is 5.86. The molecule has 1 aromatic rings. The maximum absolute atomic E-state index is 13.4. The van der Waals surface area contributed by atoms with Gasteiger partial charge in [-0.25, -0.2) is 4.39 Å². The van der Waals surface area contributed by atoms with Gasteiger partial charge >= 0.3 is 0 Å². The minimum Gasteiger partial charge on any atom is -0.370 e. The number of nitrogens with zero attached hydrogens (tertiary/aromatic N) is 1. The zero-order valence-corrected chi connectivity index (χ0v) is 13.0. The zero-order chi connectivity index (χ0) is 16.0. The van der Waals surface area contributed by atoms with Crippen LogP contribution in [0, 0.1) is 12.7 Å². The molecule has 116 valence electrons. The van der Waals surface area contributed by atoms with E-state index in [1.165, 1.54) is 6.07 Å². The van der Waals surface area contributed by atoms with Crippen molar-refractivity contribution in [3.63, 3.8) is 0 Å². The number of hydrogen-bond donors (Lipinski definition) is 3. The van der Waals surface area contributed by atoms with Crippen LogP contribution < -0.4 is 16.4 Å². The highest BCUT2D eigenvalue weighted by atomic mass is 19.1. The summed E-state index contributed by atoms with van der Waals surface area (Å²) in [5.41, 5.74) is 6.35. The smallest absolute Gasteiger partial charge is 0.251 e. The number of hydrogen-bond acceptors (Lipinski definition) is 2. The second kappa shape index (κ2) is 7.06. The quantitative estimate of drug-likeness (QED) is 0.448. The van der Waals surface area contributed by atoms with Gasteiger partial charge in [0, 0.05) is 17.6 Å². The Hall–Kier alpha value is -2.11. The first-order chi connectivity index (χ1) is 9.69. The van der Waals surface area contributed by atoms with Crippen LogP contribution in [0.15, 0.2) is 23.2 Å². The summed E-state index contributed by atoms with van der Waals surface area (Å²) in [6.45, 7) is 8.27. The van der Waals surface area contributed by atoms with Gasteiger partial charge in [0.2, 0.25) is 0 Å². The Bertz CT molecular complexity index is 535. The number of carbonyl (C=O) groups is 1. The summed E-state index contributed by atoms with van der Waals surface area (Å²) in [6, 6.07) is 4.39. The summed E-state index contributed by atoms with van der Waals surface area (Å²) in [6.07, 6.45) is 0. The number of carbonyl (C=O) groups excluding carboxylic acids is 1. The molecule has 0 saturated carbocycles. The molecule has 0 aliphatic carbocycles. The number of aryl methyl sites for hydroxylation is 1. The van der Waals surface area contributed by atoms with Crippen LogP contribution in [0.4, 0.5) is 4.39 Å². The number of amides is 1. The highest BCUT2D eigenvalue weighted by Crippen LogP contribution is 2.08. The van der Waals surface area contributed by atoms with E-state index >= 15 is 0 Å². The van der Waals surface area contributed by atoms with E-state index in [0.717, 1.165) is 0 Å². The fourth-order valence-corrected chi connectivity index (χ4v) is 1.61. The average Bonchev–Trinajstić information content (AvgIpc) is 2.35. The third-order valence-corrected chi connectivity index (χ3v) is 2.62. The summed E-state index contributed by atoms with van der Waals surface area (Å²) >= 11 is 0. The van der Waals surface area contributed by atoms with Gasteiger partial charge in [0.05, 0.1) is 6.54 Å². The molecule has 21 heavy (non-hydrogen) atoms. The van der Waals surface area contributed by atoms with Crippen molar-refractivity contribution in [2.75, 3.05) is 13.1 Å². The van der Waals surface area contributed by atoms with Gasteiger partial charge in [-0.1, -0.05) is 6.07 Å². The first-order valence-electron chi connectivity index (χ1n) is 6.81. The number of rotatable bonds is 4. The molecule has 1 aromatic carbocycles. The first-order valence-corrected chi connectivity index (χ1v) is 6.81. The van der Waals surface area contributed by atoms with Crippen molar-refractivity contribution in [2.45, 2.75) is 33.2 Å². The van der Waals surface area contributed by atoms with E-state index in [4.69, 9.17) is 5.73 Å². The molecule has 1 amide bonds. The lowest BCUT2D eigenvalue weighted by atomic mass is 10.1. The Kier molecular flexibility index (Phi) is 5.69. The normalized spacial score (nSPS) is 12.1. The van der Waals surface area contributed by atoms with E-state index < -0.39 is 0 Å². The van der Waals surface area contributed by atoms with E-state index in [2.05, 4.69) is 15.6 Å². The Balaban J connectivity index is 2.43. The van der Waals surface area contributed by atoms with E-state index in [-0.39, 0.29) is 17.3 Å². The number of halogens is 1. The fourth-order valence-electron chi connectivity index (χ4n) is 1.61. The Morgan fingerprint density at radius 3 is 2.62 bits per heavy atom. The first kappa shape index (κ1) is 16.9. The van der Waals surface area contributed by atoms with Gasteiger partial charge in [-0.2, -0.15) is 0 Å². The van der Waals surface area contributed by atoms with Gasteiger partial charge < -0.3 is 16.4 Å². The number of nitrogens with one attached hydrogen (secondary N) is 2. The van der Waals surface area contributed by atoms with Crippen LogP contribution in [0.5, 0.6) is 0 Å². The van der Waals surface area contributed by atoms with Crippen molar-refractivity contribution in [1.29, 1.82) is 0 Å². The summed E-state index contributed by atoms with van der Waals surface area (Å²) in [4.78, 5) is 15.9. The van der Waals surface area contributed by atoms with Crippen LogP contribution in [-0.4, -0.2) is 30.5 Å². The minimum absolute atomic E-state index is 0.156. The van der Waals surface area contributed by atoms with Crippen molar-refractivity contribution >= 4 is 11.9 Å². The van der Waals surface area contributed by atoms with Gasteiger partial charge in [0.15, 0.2) is 5.96 Å². The van der Waals surface area contributed by atoms with Gasteiger partial charge in [-0.15, -0.1) is 0 Å². The van der Waals surface area contributed by atoms with Crippen LogP contribution in [-0.2, 0) is 0 Å². The molecule has 4 N–H and O–H groups in total. The highest BCUT2D eigenvalue weighted by molar-refractivity contribution is 5.94. The van der Waals surface area contributed by atoms with Crippen LogP contribution in [0.25, 0.3) is 0 Å². The molecule has 0 spiro atoms. The molecule has 0 heterocycles. The van der Waals surface area contributed by atoms with E-state index in [1.54, 1.807) is 19.1 Å². The third kappa shape index (κ3) is 6.25. The van der Waals surface area contributed by atoms with E-state index in [1.807, 2.05) is 20.8 Å². The monoisotopic (exact) mass is 294 g/mol. The molecule has 5 nitrogen and oxygen atoms in total. The Morgan fingerprint density at radius 2 is 2.05 bits per heavy atom. The molecular formula is C15H23FN4O. The molecule has 0 aliphatic rings. The van der Waals surface area contributed by atoms with Crippen LogP contribution in [0.1, 0.15) is 36.7 Å². The summed E-state index contributed by atoms with van der Waals surface area (Å²) in [7, 11) is 0. The highest BCUT2D eigenvalue weighted by Gasteiger charge is 2.10. The molecule has 0 bridgehead atoms. The number of guanidine groups is 1. The lowest BCUT2D eigenvalue weighted by molar-refractivity contribution is 0.0954. The average molecular weight is 294 g/mol. The molecule has 1 rings (SSSR count). The van der Waals surface area contributed by atoms with E-state index in [0.29, 0.717) is 30.2 Å². The molecule has 0 aromatic heterocycles. The molecule has 0 fully saturated rings. The molecule has 0 unspecified atom stereocenters. The number of benzene rings is 1. The number of nitrogens with two attached hydrogens (primary N) is 1.